The largest absolute Gasteiger partial charge is 0.370 e. The third-order valence-electron chi connectivity index (χ3n) is 4.71. The Morgan fingerprint density at radius 1 is 1.32 bits per heavy atom. The molecule has 28 heavy (non-hydrogen) atoms. The first-order valence-electron chi connectivity index (χ1n) is 8.64. The van der Waals surface area contributed by atoms with Crippen LogP contribution >= 0.6 is 46.3 Å². The number of thioether (sulfide) groups is 1. The summed E-state index contributed by atoms with van der Waals surface area (Å²) in [6.45, 7) is 4.82. The quantitative estimate of drug-likeness (QED) is 0.315. The van der Waals surface area contributed by atoms with Crippen molar-refractivity contribution >= 4 is 62.3 Å². The van der Waals surface area contributed by atoms with Crippen LogP contribution in [0.2, 0.25) is 10.0 Å². The number of hydrogen-bond donors (Lipinski definition) is 0. The predicted octanol–water partition coefficient (Wildman–Crippen LogP) is 5.18. The zero-order chi connectivity index (χ0) is 19.5. The van der Waals surface area contributed by atoms with E-state index in [1.54, 1.807) is 33.7 Å². The normalized spacial score (nSPS) is 16.0. The Morgan fingerprint density at radius 3 is 3.00 bits per heavy atom. The molecule has 0 N–H and O–H groups in total. The predicted molar refractivity (Wildman–Crippen MR) is 113 cm³/mol. The van der Waals surface area contributed by atoms with Crippen LogP contribution in [0.5, 0.6) is 0 Å². The van der Waals surface area contributed by atoms with Gasteiger partial charge in [0.2, 0.25) is 0 Å². The molecule has 0 radical (unpaired) electrons. The first kappa shape index (κ1) is 18.6. The summed E-state index contributed by atoms with van der Waals surface area (Å²) >= 11 is 15.7. The zero-order valence-corrected chi connectivity index (χ0v) is 18.2. The van der Waals surface area contributed by atoms with Gasteiger partial charge in [-0.05, 0) is 47.5 Å². The topological polar surface area (TPSA) is 65.2 Å². The molecular formula is C18H15Cl2N5OS2. The molecule has 4 heterocycles. The smallest absolute Gasteiger partial charge is 0.275 e. The molecule has 144 valence electrons. The molecule has 0 unspecified atom stereocenters. The van der Waals surface area contributed by atoms with Crippen LogP contribution in [-0.2, 0) is 23.5 Å². The number of halogens is 2. The molecule has 0 saturated heterocycles. The second kappa shape index (κ2) is 6.81. The van der Waals surface area contributed by atoms with Gasteiger partial charge >= 0.3 is 0 Å². The molecule has 0 spiro atoms. The number of thiophene rings is 1. The van der Waals surface area contributed by atoms with Gasteiger partial charge in [0.15, 0.2) is 0 Å². The summed E-state index contributed by atoms with van der Waals surface area (Å²) < 4.78 is 7.72. The summed E-state index contributed by atoms with van der Waals surface area (Å²) in [5.74, 6) is 1.18. The van der Waals surface area contributed by atoms with Crippen molar-refractivity contribution < 1.29 is 4.74 Å². The summed E-state index contributed by atoms with van der Waals surface area (Å²) in [6, 6.07) is 5.57. The number of nitrogens with zero attached hydrogens (tertiary/aromatic N) is 5. The second-order valence-electron chi connectivity index (χ2n) is 7.24. The van der Waals surface area contributed by atoms with Gasteiger partial charge in [-0.2, -0.15) is 4.52 Å². The minimum absolute atomic E-state index is 0.210. The maximum absolute atomic E-state index is 6.35. The van der Waals surface area contributed by atoms with Gasteiger partial charge < -0.3 is 4.74 Å². The highest BCUT2D eigenvalue weighted by Gasteiger charge is 2.31. The average molecular weight is 452 g/mol. The van der Waals surface area contributed by atoms with Crippen molar-refractivity contribution in [1.82, 2.24) is 25.0 Å². The first-order valence-corrected chi connectivity index (χ1v) is 11.2. The second-order valence-corrected chi connectivity index (χ2v) is 10.1. The van der Waals surface area contributed by atoms with Crippen LogP contribution in [0.3, 0.4) is 0 Å². The molecule has 1 aliphatic rings. The van der Waals surface area contributed by atoms with Crippen LogP contribution in [0.15, 0.2) is 23.2 Å². The lowest BCUT2D eigenvalue weighted by molar-refractivity contribution is -0.0379. The van der Waals surface area contributed by atoms with E-state index in [1.807, 2.05) is 12.1 Å². The highest BCUT2D eigenvalue weighted by molar-refractivity contribution is 7.98. The standard InChI is InChI=1S/C18H15Cl2N5OS2/c1-18(2)6-11-13(7-26-18)28-16-14(11)15(21-17-22-23-24-25(16)17)27-8-9-3-4-10(19)5-12(9)20/h3-5H,6-8H2,1-2H3. The van der Waals surface area contributed by atoms with Crippen LogP contribution < -0.4 is 0 Å². The molecule has 0 amide bonds. The molecular weight excluding hydrogens is 437 g/mol. The summed E-state index contributed by atoms with van der Waals surface area (Å²) in [7, 11) is 0. The van der Waals surface area contributed by atoms with Crippen LogP contribution in [0.25, 0.3) is 16.0 Å². The van der Waals surface area contributed by atoms with Gasteiger partial charge in [0, 0.05) is 32.5 Å². The fraction of sp³-hybridized carbons (Fsp3) is 0.333. The fourth-order valence-electron chi connectivity index (χ4n) is 3.33. The van der Waals surface area contributed by atoms with Gasteiger partial charge in [-0.1, -0.05) is 34.4 Å². The van der Waals surface area contributed by atoms with E-state index in [4.69, 9.17) is 32.9 Å². The minimum atomic E-state index is -0.210. The molecule has 5 rings (SSSR count). The molecule has 3 aromatic heterocycles. The van der Waals surface area contributed by atoms with E-state index in [2.05, 4.69) is 29.4 Å². The molecule has 0 atom stereocenters. The van der Waals surface area contributed by atoms with Crippen molar-refractivity contribution in [2.45, 2.75) is 43.3 Å². The maximum Gasteiger partial charge on any atom is 0.275 e. The molecule has 6 nitrogen and oxygen atoms in total. The number of hydrogen-bond acceptors (Lipinski definition) is 7. The number of fused-ring (bicyclic) bond motifs is 5. The number of ether oxygens (including phenoxy) is 1. The van der Waals surface area contributed by atoms with E-state index in [1.165, 1.54) is 10.4 Å². The monoisotopic (exact) mass is 451 g/mol. The lowest BCUT2D eigenvalue weighted by Gasteiger charge is -2.30. The van der Waals surface area contributed by atoms with Crippen molar-refractivity contribution in [3.63, 3.8) is 0 Å². The van der Waals surface area contributed by atoms with Crippen molar-refractivity contribution in [3.8, 4) is 0 Å². The zero-order valence-electron chi connectivity index (χ0n) is 15.1. The van der Waals surface area contributed by atoms with E-state index in [9.17, 15) is 0 Å². The molecule has 1 aromatic carbocycles. The molecule has 0 saturated carbocycles. The Labute approximate surface area is 179 Å². The van der Waals surface area contributed by atoms with Crippen molar-refractivity contribution in [1.29, 1.82) is 0 Å². The SMILES string of the molecule is CC1(C)Cc2c(sc3c2c(SCc2ccc(Cl)cc2Cl)nc2nnnn23)CO1. The summed E-state index contributed by atoms with van der Waals surface area (Å²) in [6.07, 6.45) is 0.826. The maximum atomic E-state index is 6.35. The van der Waals surface area contributed by atoms with E-state index in [0.717, 1.165) is 27.2 Å². The van der Waals surface area contributed by atoms with E-state index < -0.39 is 0 Å². The summed E-state index contributed by atoms with van der Waals surface area (Å²) in [4.78, 5) is 6.96. The lowest BCUT2D eigenvalue weighted by Crippen LogP contribution is -2.31. The van der Waals surface area contributed by atoms with Crippen molar-refractivity contribution in [2.75, 3.05) is 0 Å². The number of aromatic nitrogens is 5. The highest BCUT2D eigenvalue weighted by atomic mass is 35.5. The van der Waals surface area contributed by atoms with Gasteiger partial charge in [0.1, 0.15) is 9.86 Å². The third-order valence-corrected chi connectivity index (χ3v) is 7.50. The van der Waals surface area contributed by atoms with Gasteiger partial charge in [-0.15, -0.1) is 23.1 Å². The molecule has 4 aromatic rings. The Kier molecular flexibility index (Phi) is 4.52. The Bertz CT molecular complexity index is 1220. The van der Waals surface area contributed by atoms with Crippen molar-refractivity contribution in [3.05, 3.63) is 44.2 Å². The van der Waals surface area contributed by atoms with Crippen LogP contribution in [0.1, 0.15) is 29.9 Å². The van der Waals surface area contributed by atoms with E-state index in [-0.39, 0.29) is 5.60 Å². The number of benzene rings is 1. The van der Waals surface area contributed by atoms with Gasteiger partial charge in [0.25, 0.3) is 5.78 Å². The Hall–Kier alpha value is -1.45. The average Bonchev–Trinajstić information content (AvgIpc) is 3.24. The van der Waals surface area contributed by atoms with Gasteiger partial charge in [0.05, 0.1) is 12.2 Å². The van der Waals surface area contributed by atoms with Crippen molar-refractivity contribution in [2.24, 2.45) is 0 Å². The Balaban J connectivity index is 1.63. The lowest BCUT2D eigenvalue weighted by atomic mass is 9.95. The Morgan fingerprint density at radius 2 is 2.18 bits per heavy atom. The minimum Gasteiger partial charge on any atom is -0.370 e. The molecule has 0 aliphatic carbocycles. The molecule has 0 fully saturated rings. The summed E-state index contributed by atoms with van der Waals surface area (Å²) in [5, 5.41) is 15.3. The summed E-state index contributed by atoms with van der Waals surface area (Å²) in [5.41, 5.74) is 2.09. The number of rotatable bonds is 3. The third kappa shape index (κ3) is 3.17. The van der Waals surface area contributed by atoms with Crippen LogP contribution in [0, 0.1) is 0 Å². The molecule has 0 bridgehead atoms. The van der Waals surface area contributed by atoms with Crippen LogP contribution in [0.4, 0.5) is 0 Å². The highest BCUT2D eigenvalue weighted by Crippen LogP contribution is 2.43. The fourth-order valence-corrected chi connectivity index (χ4v) is 6.18. The van der Waals surface area contributed by atoms with Gasteiger partial charge in [-0.3, -0.25) is 0 Å². The first-order chi connectivity index (χ1) is 13.4. The van der Waals surface area contributed by atoms with Crippen LogP contribution in [-0.4, -0.2) is 30.6 Å². The molecule has 1 aliphatic heterocycles. The number of tetrazole rings is 1. The van der Waals surface area contributed by atoms with Gasteiger partial charge in [-0.25, -0.2) is 4.98 Å². The van der Waals surface area contributed by atoms with E-state index in [0.29, 0.717) is 28.2 Å². The molecule has 10 heteroatoms. The van der Waals surface area contributed by atoms with E-state index >= 15 is 0 Å².